The summed E-state index contributed by atoms with van der Waals surface area (Å²) in [4.78, 5) is 11.4. The minimum atomic E-state index is 0.113. The monoisotopic (exact) mass is 232 g/mol. The van der Waals surface area contributed by atoms with Crippen molar-refractivity contribution in [1.29, 1.82) is 0 Å². The van der Waals surface area contributed by atoms with Crippen molar-refractivity contribution in [2.75, 3.05) is 13.7 Å². The van der Waals surface area contributed by atoms with Crippen LogP contribution in [0.2, 0.25) is 0 Å². The summed E-state index contributed by atoms with van der Waals surface area (Å²) in [5.74, 6) is 0.113. The first kappa shape index (κ1) is 11.8. The average Bonchev–Trinajstić information content (AvgIpc) is 2.65. The summed E-state index contributed by atoms with van der Waals surface area (Å²) in [5, 5.41) is 5.57. The van der Waals surface area contributed by atoms with Gasteiger partial charge in [-0.1, -0.05) is 18.2 Å². The second-order valence-electron chi connectivity index (χ2n) is 4.06. The van der Waals surface area contributed by atoms with Gasteiger partial charge in [0.25, 0.3) is 0 Å². The predicted molar refractivity (Wildman–Crippen MR) is 65.9 cm³/mol. The quantitative estimate of drug-likeness (QED) is 0.788. The number of nitrogens with zero attached hydrogens (tertiary/aromatic N) is 2. The first-order valence-electron chi connectivity index (χ1n) is 5.63. The molecule has 0 saturated heterocycles. The maximum Gasteiger partial charge on any atom is 0.158 e. The molecule has 90 valence electrons. The zero-order chi connectivity index (χ0) is 12.3. The number of methoxy groups -OCH3 is 1. The Hall–Kier alpha value is -1.68. The molecule has 0 saturated carbocycles. The number of ether oxygens (including phenoxy) is 1. The zero-order valence-electron chi connectivity index (χ0n) is 10.1. The molecule has 0 N–H and O–H groups in total. The normalized spacial score (nSPS) is 10.9. The lowest BCUT2D eigenvalue weighted by Gasteiger charge is -1.98. The third-order valence-electron chi connectivity index (χ3n) is 2.78. The molecule has 1 aromatic carbocycles. The van der Waals surface area contributed by atoms with E-state index in [0.29, 0.717) is 12.8 Å². The van der Waals surface area contributed by atoms with Gasteiger partial charge in [0.2, 0.25) is 0 Å². The van der Waals surface area contributed by atoms with Gasteiger partial charge in [0, 0.05) is 26.0 Å². The first-order valence-corrected chi connectivity index (χ1v) is 5.63. The summed E-state index contributed by atoms with van der Waals surface area (Å²) in [7, 11) is 3.46. The van der Waals surface area contributed by atoms with E-state index in [0.717, 1.165) is 16.6 Å². The van der Waals surface area contributed by atoms with Gasteiger partial charge < -0.3 is 4.74 Å². The van der Waals surface area contributed by atoms with Crippen LogP contribution in [-0.2, 0) is 23.0 Å². The van der Waals surface area contributed by atoms with Crippen molar-refractivity contribution < 1.29 is 9.53 Å². The summed E-state index contributed by atoms with van der Waals surface area (Å²) < 4.78 is 6.66. The van der Waals surface area contributed by atoms with Crippen molar-refractivity contribution >= 4 is 16.7 Å². The second-order valence-corrected chi connectivity index (χ2v) is 4.06. The van der Waals surface area contributed by atoms with Crippen LogP contribution < -0.4 is 0 Å². The van der Waals surface area contributed by atoms with Gasteiger partial charge in [0.1, 0.15) is 6.61 Å². The van der Waals surface area contributed by atoms with Gasteiger partial charge in [0.15, 0.2) is 5.78 Å². The molecular formula is C13H16N2O2. The number of carbonyl (C=O) groups excluding carboxylic acids is 1. The van der Waals surface area contributed by atoms with Crippen LogP contribution >= 0.6 is 0 Å². The lowest BCUT2D eigenvalue weighted by atomic mass is 10.1. The van der Waals surface area contributed by atoms with Crippen molar-refractivity contribution in [3.63, 3.8) is 0 Å². The summed E-state index contributed by atoms with van der Waals surface area (Å²) in [6, 6.07) is 8.05. The molecule has 0 radical (unpaired) electrons. The number of hydrogen-bond donors (Lipinski definition) is 0. The van der Waals surface area contributed by atoms with Crippen LogP contribution in [0.15, 0.2) is 24.3 Å². The predicted octanol–water partition coefficient (Wildman–Crippen LogP) is 1.72. The van der Waals surface area contributed by atoms with E-state index in [9.17, 15) is 4.79 Å². The Kier molecular flexibility index (Phi) is 3.54. The van der Waals surface area contributed by atoms with E-state index in [2.05, 4.69) is 5.10 Å². The van der Waals surface area contributed by atoms with Gasteiger partial charge in [-0.25, -0.2) is 0 Å². The number of ketones is 1. The van der Waals surface area contributed by atoms with Crippen LogP contribution in [0, 0.1) is 0 Å². The molecule has 0 spiro atoms. The van der Waals surface area contributed by atoms with Gasteiger partial charge in [0.05, 0.1) is 11.2 Å². The molecule has 2 rings (SSSR count). The zero-order valence-corrected chi connectivity index (χ0v) is 10.1. The lowest BCUT2D eigenvalue weighted by Crippen LogP contribution is -2.07. The third kappa shape index (κ3) is 2.53. The molecule has 1 heterocycles. The number of rotatable bonds is 5. The Bertz CT molecular complexity index is 531. The fraction of sp³-hybridized carbons (Fsp3) is 0.385. The summed E-state index contributed by atoms with van der Waals surface area (Å²) in [5.41, 5.74) is 2.08. The van der Waals surface area contributed by atoms with Crippen LogP contribution in [0.5, 0.6) is 0 Å². The number of Topliss-reactive ketones (excluding diaryl/α,β-unsaturated/α-hetero) is 1. The number of para-hydroxylation sites is 1. The van der Waals surface area contributed by atoms with E-state index in [4.69, 9.17) is 4.74 Å². The van der Waals surface area contributed by atoms with Gasteiger partial charge in [-0.05, 0) is 12.5 Å². The van der Waals surface area contributed by atoms with E-state index >= 15 is 0 Å². The maximum absolute atomic E-state index is 11.4. The van der Waals surface area contributed by atoms with Crippen LogP contribution in [0.4, 0.5) is 0 Å². The van der Waals surface area contributed by atoms with Crippen LogP contribution in [0.3, 0.4) is 0 Å². The minimum absolute atomic E-state index is 0.113. The number of aromatic nitrogens is 2. The van der Waals surface area contributed by atoms with E-state index in [1.165, 1.54) is 7.11 Å². The molecule has 4 heteroatoms. The highest BCUT2D eigenvalue weighted by Crippen LogP contribution is 2.18. The van der Waals surface area contributed by atoms with Crippen molar-refractivity contribution in [1.82, 2.24) is 9.78 Å². The maximum atomic E-state index is 11.4. The average molecular weight is 232 g/mol. The molecule has 0 atom stereocenters. The Morgan fingerprint density at radius 3 is 2.94 bits per heavy atom. The smallest absolute Gasteiger partial charge is 0.158 e. The SMILES string of the molecule is COCC(=O)CCc1nn(C)c2ccccc12. The van der Waals surface area contributed by atoms with E-state index in [1.54, 1.807) is 0 Å². The number of fused-ring (bicyclic) bond motifs is 1. The number of hydrogen-bond acceptors (Lipinski definition) is 3. The molecule has 17 heavy (non-hydrogen) atoms. The molecule has 2 aromatic rings. The Morgan fingerprint density at radius 2 is 2.18 bits per heavy atom. The van der Waals surface area contributed by atoms with Gasteiger partial charge >= 0.3 is 0 Å². The van der Waals surface area contributed by atoms with E-state index in [1.807, 2.05) is 36.0 Å². The molecule has 0 aliphatic carbocycles. The molecule has 1 aromatic heterocycles. The van der Waals surface area contributed by atoms with Gasteiger partial charge in [-0.2, -0.15) is 5.10 Å². The Balaban J connectivity index is 2.16. The first-order chi connectivity index (χ1) is 8.22. The highest BCUT2D eigenvalue weighted by molar-refractivity contribution is 5.83. The van der Waals surface area contributed by atoms with Crippen LogP contribution in [-0.4, -0.2) is 29.3 Å². The summed E-state index contributed by atoms with van der Waals surface area (Å²) in [6.45, 7) is 0.185. The number of carbonyl (C=O) groups is 1. The van der Waals surface area contributed by atoms with Crippen molar-refractivity contribution in [3.05, 3.63) is 30.0 Å². The van der Waals surface area contributed by atoms with Crippen molar-refractivity contribution in [2.45, 2.75) is 12.8 Å². The summed E-state index contributed by atoms with van der Waals surface area (Å²) in [6.07, 6.45) is 1.15. The van der Waals surface area contributed by atoms with Crippen LogP contribution in [0.25, 0.3) is 10.9 Å². The topological polar surface area (TPSA) is 44.1 Å². The van der Waals surface area contributed by atoms with E-state index < -0.39 is 0 Å². The summed E-state index contributed by atoms with van der Waals surface area (Å²) >= 11 is 0. The molecule has 0 bridgehead atoms. The van der Waals surface area contributed by atoms with E-state index in [-0.39, 0.29) is 12.4 Å². The standard InChI is InChI=1S/C13H16N2O2/c1-15-13-6-4-3-5-11(13)12(14-15)8-7-10(16)9-17-2/h3-6H,7-9H2,1-2H3. The van der Waals surface area contributed by atoms with Gasteiger partial charge in [-0.15, -0.1) is 0 Å². The Morgan fingerprint density at radius 1 is 1.41 bits per heavy atom. The minimum Gasteiger partial charge on any atom is -0.377 e. The number of aryl methyl sites for hydroxylation is 2. The highest BCUT2D eigenvalue weighted by atomic mass is 16.5. The molecule has 0 amide bonds. The molecule has 0 fully saturated rings. The highest BCUT2D eigenvalue weighted by Gasteiger charge is 2.09. The third-order valence-corrected chi connectivity index (χ3v) is 2.78. The number of benzene rings is 1. The second kappa shape index (κ2) is 5.10. The van der Waals surface area contributed by atoms with Crippen molar-refractivity contribution in [3.8, 4) is 0 Å². The largest absolute Gasteiger partial charge is 0.377 e. The fourth-order valence-electron chi connectivity index (χ4n) is 1.96. The molecule has 0 aliphatic rings. The molecule has 0 unspecified atom stereocenters. The van der Waals surface area contributed by atoms with Crippen molar-refractivity contribution in [2.24, 2.45) is 7.05 Å². The van der Waals surface area contributed by atoms with Crippen LogP contribution in [0.1, 0.15) is 12.1 Å². The fourth-order valence-corrected chi connectivity index (χ4v) is 1.96. The molecule has 0 aliphatic heterocycles. The Labute approximate surface area is 100 Å². The lowest BCUT2D eigenvalue weighted by molar-refractivity contribution is -0.122. The van der Waals surface area contributed by atoms with Gasteiger partial charge in [-0.3, -0.25) is 9.48 Å². The molecular weight excluding hydrogens is 216 g/mol. The molecule has 4 nitrogen and oxygen atoms in total.